The summed E-state index contributed by atoms with van der Waals surface area (Å²) in [5.41, 5.74) is 1.79. The first kappa shape index (κ1) is 18.8. The smallest absolute Gasteiger partial charge is 0.277 e. The van der Waals surface area contributed by atoms with Crippen molar-refractivity contribution >= 4 is 40.9 Å². The number of nitrogens with zero attached hydrogens (tertiary/aromatic N) is 3. The maximum atomic E-state index is 12.3. The fourth-order valence-electron chi connectivity index (χ4n) is 2.16. The molecule has 0 saturated carbocycles. The highest BCUT2D eigenvalue weighted by molar-refractivity contribution is 7.99. The summed E-state index contributed by atoms with van der Waals surface area (Å²) in [6.07, 6.45) is 0. The summed E-state index contributed by atoms with van der Waals surface area (Å²) in [7, 11) is 1.75. The van der Waals surface area contributed by atoms with Crippen LogP contribution in [0.25, 0.3) is 11.5 Å². The molecule has 0 spiro atoms. The zero-order valence-corrected chi connectivity index (χ0v) is 16.2. The molecule has 0 fully saturated rings. The van der Waals surface area contributed by atoms with Gasteiger partial charge in [0, 0.05) is 29.2 Å². The lowest BCUT2D eigenvalue weighted by atomic mass is 10.2. The summed E-state index contributed by atoms with van der Waals surface area (Å²) in [5, 5.41) is 9.62. The molecule has 0 bridgehead atoms. The molecule has 0 radical (unpaired) electrons. The molecule has 1 aromatic heterocycles. The van der Waals surface area contributed by atoms with Crippen LogP contribution in [0.2, 0.25) is 10.0 Å². The Labute approximate surface area is 165 Å². The summed E-state index contributed by atoms with van der Waals surface area (Å²) in [5.74, 6) is 0.578. The molecule has 0 unspecified atom stereocenters. The van der Waals surface area contributed by atoms with Crippen LogP contribution >= 0.6 is 35.0 Å². The first-order chi connectivity index (χ1) is 12.5. The highest BCUT2D eigenvalue weighted by Crippen LogP contribution is 2.24. The van der Waals surface area contributed by atoms with Crippen molar-refractivity contribution in [3.63, 3.8) is 0 Å². The van der Waals surface area contributed by atoms with Crippen LogP contribution in [0.3, 0.4) is 0 Å². The monoisotopic (exact) mass is 407 g/mol. The zero-order chi connectivity index (χ0) is 18.5. The maximum absolute atomic E-state index is 12.3. The molecule has 0 aliphatic rings. The first-order valence-corrected chi connectivity index (χ1v) is 9.46. The second kappa shape index (κ2) is 8.58. The van der Waals surface area contributed by atoms with Crippen LogP contribution in [0.1, 0.15) is 5.56 Å². The second-order valence-electron chi connectivity index (χ2n) is 5.54. The molecular formula is C18H15Cl2N3O2S. The quantitative estimate of drug-likeness (QED) is 0.549. The van der Waals surface area contributed by atoms with Crippen LogP contribution in [0.4, 0.5) is 0 Å². The number of carbonyl (C=O) groups excluding carboxylic acids is 1. The van der Waals surface area contributed by atoms with Crippen LogP contribution in [-0.2, 0) is 11.3 Å². The molecule has 0 aliphatic heterocycles. The van der Waals surface area contributed by atoms with E-state index < -0.39 is 0 Å². The lowest BCUT2D eigenvalue weighted by Gasteiger charge is -2.16. The van der Waals surface area contributed by atoms with Gasteiger partial charge in [-0.25, -0.2) is 0 Å². The number of aromatic nitrogens is 2. The highest BCUT2D eigenvalue weighted by Gasteiger charge is 2.14. The van der Waals surface area contributed by atoms with E-state index in [4.69, 9.17) is 27.6 Å². The van der Waals surface area contributed by atoms with E-state index in [1.165, 1.54) is 11.8 Å². The minimum Gasteiger partial charge on any atom is -0.411 e. The van der Waals surface area contributed by atoms with E-state index in [1.54, 1.807) is 48.3 Å². The topological polar surface area (TPSA) is 59.2 Å². The Balaban J connectivity index is 1.54. The maximum Gasteiger partial charge on any atom is 0.277 e. The largest absolute Gasteiger partial charge is 0.411 e. The van der Waals surface area contributed by atoms with E-state index >= 15 is 0 Å². The van der Waals surface area contributed by atoms with Crippen molar-refractivity contribution in [2.24, 2.45) is 0 Å². The van der Waals surface area contributed by atoms with Crippen LogP contribution in [0, 0.1) is 0 Å². The molecule has 0 aliphatic carbocycles. The minimum atomic E-state index is -0.0313. The van der Waals surface area contributed by atoms with Gasteiger partial charge in [-0.3, -0.25) is 4.79 Å². The number of benzene rings is 2. The van der Waals surface area contributed by atoms with Crippen molar-refractivity contribution in [3.8, 4) is 11.5 Å². The van der Waals surface area contributed by atoms with Crippen molar-refractivity contribution < 1.29 is 9.21 Å². The Bertz CT molecular complexity index is 882. The van der Waals surface area contributed by atoms with Crippen LogP contribution in [0.15, 0.2) is 58.2 Å². The van der Waals surface area contributed by atoms with Crippen molar-refractivity contribution in [1.29, 1.82) is 0 Å². The van der Waals surface area contributed by atoms with Gasteiger partial charge in [-0.2, -0.15) is 0 Å². The Kier molecular flexibility index (Phi) is 6.19. The number of amides is 1. The molecule has 26 heavy (non-hydrogen) atoms. The molecule has 0 N–H and O–H groups in total. The summed E-state index contributed by atoms with van der Waals surface area (Å²) in [6, 6.07) is 14.5. The van der Waals surface area contributed by atoms with E-state index in [1.807, 2.05) is 12.1 Å². The van der Waals surface area contributed by atoms with Gasteiger partial charge in [0.2, 0.25) is 11.8 Å². The average Bonchev–Trinajstić information content (AvgIpc) is 3.11. The average molecular weight is 408 g/mol. The molecule has 8 heteroatoms. The van der Waals surface area contributed by atoms with Gasteiger partial charge in [0.05, 0.1) is 5.75 Å². The molecular weight excluding hydrogens is 393 g/mol. The molecule has 2 aromatic carbocycles. The zero-order valence-electron chi connectivity index (χ0n) is 13.9. The standard InChI is InChI=1S/C18H15Cl2N3O2S/c1-23(10-12-2-6-14(19)7-3-12)16(24)11-26-18-22-21-17(25-18)13-4-8-15(20)9-5-13/h2-9H,10-11H2,1H3. The van der Waals surface area contributed by atoms with E-state index in [9.17, 15) is 4.79 Å². The molecule has 1 heterocycles. The SMILES string of the molecule is CN(Cc1ccc(Cl)cc1)C(=O)CSc1nnc(-c2ccc(Cl)cc2)o1. The van der Waals surface area contributed by atoms with Gasteiger partial charge in [0.15, 0.2) is 0 Å². The Hall–Kier alpha value is -2.02. The number of thioether (sulfide) groups is 1. The van der Waals surface area contributed by atoms with E-state index in [-0.39, 0.29) is 11.7 Å². The third-order valence-corrected chi connectivity index (χ3v) is 4.88. The molecule has 3 aromatic rings. The fraction of sp³-hybridized carbons (Fsp3) is 0.167. The normalized spacial score (nSPS) is 10.7. The van der Waals surface area contributed by atoms with E-state index in [0.717, 1.165) is 11.1 Å². The van der Waals surface area contributed by atoms with Crippen LogP contribution in [-0.4, -0.2) is 33.8 Å². The van der Waals surface area contributed by atoms with Gasteiger partial charge in [-0.15, -0.1) is 10.2 Å². The van der Waals surface area contributed by atoms with Crippen LogP contribution < -0.4 is 0 Å². The summed E-state index contributed by atoms with van der Waals surface area (Å²) >= 11 is 12.9. The predicted octanol–water partition coefficient (Wildman–Crippen LogP) is 4.79. The first-order valence-electron chi connectivity index (χ1n) is 7.72. The number of hydrogen-bond acceptors (Lipinski definition) is 5. The molecule has 3 rings (SSSR count). The van der Waals surface area contributed by atoms with E-state index in [2.05, 4.69) is 10.2 Å². The predicted molar refractivity (Wildman–Crippen MR) is 103 cm³/mol. The number of rotatable bonds is 6. The Morgan fingerprint density at radius 2 is 1.65 bits per heavy atom. The molecule has 0 atom stereocenters. The third kappa shape index (κ3) is 5.00. The third-order valence-electron chi connectivity index (χ3n) is 3.58. The molecule has 1 amide bonds. The van der Waals surface area contributed by atoms with Gasteiger partial charge in [-0.05, 0) is 42.0 Å². The van der Waals surface area contributed by atoms with Crippen molar-refractivity contribution in [1.82, 2.24) is 15.1 Å². The highest BCUT2D eigenvalue weighted by atomic mass is 35.5. The lowest BCUT2D eigenvalue weighted by molar-refractivity contribution is -0.127. The van der Waals surface area contributed by atoms with Gasteiger partial charge in [0.1, 0.15) is 0 Å². The number of carbonyl (C=O) groups is 1. The Morgan fingerprint density at radius 3 is 2.31 bits per heavy atom. The van der Waals surface area contributed by atoms with Gasteiger partial charge >= 0.3 is 0 Å². The van der Waals surface area contributed by atoms with Gasteiger partial charge < -0.3 is 9.32 Å². The molecule has 5 nitrogen and oxygen atoms in total. The van der Waals surface area contributed by atoms with E-state index in [0.29, 0.717) is 27.7 Å². The fourth-order valence-corrected chi connectivity index (χ4v) is 3.12. The van der Waals surface area contributed by atoms with Crippen molar-refractivity contribution in [2.45, 2.75) is 11.8 Å². The minimum absolute atomic E-state index is 0.0313. The molecule has 0 saturated heterocycles. The van der Waals surface area contributed by atoms with Gasteiger partial charge in [0.25, 0.3) is 5.22 Å². The Morgan fingerprint density at radius 1 is 1.04 bits per heavy atom. The van der Waals surface area contributed by atoms with Crippen LogP contribution in [0.5, 0.6) is 0 Å². The lowest BCUT2D eigenvalue weighted by Crippen LogP contribution is -2.27. The summed E-state index contributed by atoms with van der Waals surface area (Å²) in [6.45, 7) is 0.510. The summed E-state index contributed by atoms with van der Waals surface area (Å²) in [4.78, 5) is 13.9. The van der Waals surface area contributed by atoms with Gasteiger partial charge in [-0.1, -0.05) is 47.1 Å². The van der Waals surface area contributed by atoms with Crippen molar-refractivity contribution in [2.75, 3.05) is 12.8 Å². The molecule has 134 valence electrons. The second-order valence-corrected chi connectivity index (χ2v) is 7.34. The number of hydrogen-bond donors (Lipinski definition) is 0. The number of halogens is 2. The summed E-state index contributed by atoms with van der Waals surface area (Å²) < 4.78 is 5.58. The van der Waals surface area contributed by atoms with Crippen molar-refractivity contribution in [3.05, 3.63) is 64.1 Å².